The molecule has 3 heteroatoms. The van der Waals surface area contributed by atoms with E-state index in [0.717, 1.165) is 15.7 Å². The Morgan fingerprint density at radius 2 is 1.93 bits per heavy atom. The van der Waals surface area contributed by atoms with Gasteiger partial charge in [-0.2, -0.15) is 0 Å². The largest absolute Gasteiger partial charge is 0.398 e. The minimum Gasteiger partial charge on any atom is -0.398 e. The normalized spacial score (nSPS) is 10.3. The molecule has 0 bridgehead atoms. The van der Waals surface area contributed by atoms with Gasteiger partial charge in [-0.3, -0.25) is 4.98 Å². The van der Waals surface area contributed by atoms with Crippen molar-refractivity contribution in [2.45, 2.75) is 6.92 Å². The Balaban J connectivity index is 2.65. The molecule has 2 rings (SSSR count). The van der Waals surface area contributed by atoms with Crippen LogP contribution < -0.4 is 5.73 Å². The van der Waals surface area contributed by atoms with Gasteiger partial charge in [-0.15, -0.1) is 0 Å². The van der Waals surface area contributed by atoms with Crippen LogP contribution >= 0.6 is 15.9 Å². The van der Waals surface area contributed by atoms with Crippen molar-refractivity contribution in [3.63, 3.8) is 0 Å². The van der Waals surface area contributed by atoms with Gasteiger partial charge in [0.05, 0.1) is 10.2 Å². The molecule has 0 spiro atoms. The summed E-state index contributed by atoms with van der Waals surface area (Å²) < 4.78 is 0.860. The molecule has 0 unspecified atom stereocenters. The van der Waals surface area contributed by atoms with Gasteiger partial charge < -0.3 is 5.73 Å². The molecule has 0 aliphatic heterocycles. The molecule has 0 saturated heterocycles. The summed E-state index contributed by atoms with van der Waals surface area (Å²) in [4.78, 5) is 4.34. The second-order valence-electron chi connectivity index (χ2n) is 3.38. The van der Waals surface area contributed by atoms with Gasteiger partial charge in [0.1, 0.15) is 0 Å². The first kappa shape index (κ1) is 10.2. The van der Waals surface area contributed by atoms with Crippen molar-refractivity contribution in [2.75, 3.05) is 5.73 Å². The van der Waals surface area contributed by atoms with E-state index in [0.29, 0.717) is 5.69 Å². The highest BCUT2D eigenvalue weighted by molar-refractivity contribution is 9.10. The summed E-state index contributed by atoms with van der Waals surface area (Å²) in [6, 6.07) is 9.90. The van der Waals surface area contributed by atoms with Crippen molar-refractivity contribution < 1.29 is 0 Å². The fourth-order valence-electron chi connectivity index (χ4n) is 1.49. The van der Waals surface area contributed by atoms with Crippen LogP contribution in [0.1, 0.15) is 5.56 Å². The third kappa shape index (κ3) is 1.88. The van der Waals surface area contributed by atoms with Crippen LogP contribution in [0.4, 0.5) is 5.69 Å². The van der Waals surface area contributed by atoms with Crippen LogP contribution in [0.5, 0.6) is 0 Å². The van der Waals surface area contributed by atoms with E-state index in [4.69, 9.17) is 5.73 Å². The molecule has 0 fully saturated rings. The van der Waals surface area contributed by atoms with E-state index in [-0.39, 0.29) is 0 Å². The standard InChI is InChI=1S/C12H11BrN2/c1-8-4-2-3-5-9(8)12-11(13)10(14)6-7-15-12/h2-7H,1H3,(H2,14,15). The Morgan fingerprint density at radius 1 is 1.20 bits per heavy atom. The smallest absolute Gasteiger partial charge is 0.0867 e. The van der Waals surface area contributed by atoms with Crippen LogP contribution in [0.2, 0.25) is 0 Å². The Bertz CT molecular complexity index is 495. The van der Waals surface area contributed by atoms with E-state index < -0.39 is 0 Å². The number of nitrogen functional groups attached to an aromatic ring is 1. The summed E-state index contributed by atoms with van der Waals surface area (Å²) in [5.74, 6) is 0. The molecular weight excluding hydrogens is 252 g/mol. The lowest BCUT2D eigenvalue weighted by Crippen LogP contribution is -1.93. The highest BCUT2D eigenvalue weighted by Crippen LogP contribution is 2.31. The number of hydrogen-bond donors (Lipinski definition) is 1. The van der Waals surface area contributed by atoms with Crippen LogP contribution in [0.15, 0.2) is 41.0 Å². The average molecular weight is 263 g/mol. The Hall–Kier alpha value is -1.35. The number of aryl methyl sites for hydroxylation is 1. The maximum atomic E-state index is 5.82. The summed E-state index contributed by atoms with van der Waals surface area (Å²) >= 11 is 3.46. The predicted molar refractivity (Wildman–Crippen MR) is 66.5 cm³/mol. The molecule has 0 amide bonds. The average Bonchev–Trinajstić information content (AvgIpc) is 2.23. The van der Waals surface area contributed by atoms with Gasteiger partial charge in [0.15, 0.2) is 0 Å². The highest BCUT2D eigenvalue weighted by atomic mass is 79.9. The highest BCUT2D eigenvalue weighted by Gasteiger charge is 2.08. The monoisotopic (exact) mass is 262 g/mol. The Morgan fingerprint density at radius 3 is 2.67 bits per heavy atom. The fourth-order valence-corrected chi connectivity index (χ4v) is 1.93. The van der Waals surface area contributed by atoms with Crippen molar-refractivity contribution in [1.82, 2.24) is 4.98 Å². The number of nitrogens with zero attached hydrogens (tertiary/aromatic N) is 1. The number of rotatable bonds is 1. The molecule has 0 atom stereocenters. The maximum absolute atomic E-state index is 5.82. The molecule has 1 aromatic heterocycles. The number of benzene rings is 1. The quantitative estimate of drug-likeness (QED) is 0.856. The van der Waals surface area contributed by atoms with Crippen molar-refractivity contribution >= 4 is 21.6 Å². The van der Waals surface area contributed by atoms with E-state index >= 15 is 0 Å². The SMILES string of the molecule is Cc1ccccc1-c1nccc(N)c1Br. The number of halogens is 1. The van der Waals surface area contributed by atoms with Crippen LogP contribution in [0, 0.1) is 6.92 Å². The van der Waals surface area contributed by atoms with Crippen LogP contribution in [-0.2, 0) is 0 Å². The van der Waals surface area contributed by atoms with Crippen LogP contribution in [0.25, 0.3) is 11.3 Å². The molecule has 0 aliphatic rings. The molecule has 2 nitrogen and oxygen atoms in total. The zero-order chi connectivity index (χ0) is 10.8. The summed E-state index contributed by atoms with van der Waals surface area (Å²) in [5, 5.41) is 0. The van der Waals surface area contributed by atoms with E-state index in [9.17, 15) is 0 Å². The molecule has 2 N–H and O–H groups in total. The lowest BCUT2D eigenvalue weighted by Gasteiger charge is -2.08. The van der Waals surface area contributed by atoms with Gasteiger partial charge in [0, 0.05) is 17.4 Å². The first-order chi connectivity index (χ1) is 7.20. The molecule has 0 radical (unpaired) electrons. The second-order valence-corrected chi connectivity index (χ2v) is 4.17. The Labute approximate surface area is 97.3 Å². The molecule has 0 saturated carbocycles. The third-order valence-electron chi connectivity index (χ3n) is 2.32. The maximum Gasteiger partial charge on any atom is 0.0867 e. The predicted octanol–water partition coefficient (Wildman–Crippen LogP) is 3.40. The molecular formula is C12H11BrN2. The van der Waals surface area contributed by atoms with Crippen molar-refractivity contribution in [3.05, 3.63) is 46.6 Å². The summed E-state index contributed by atoms with van der Waals surface area (Å²) in [6.07, 6.45) is 1.72. The first-order valence-corrected chi connectivity index (χ1v) is 5.45. The number of nitrogens with two attached hydrogens (primary N) is 1. The third-order valence-corrected chi connectivity index (χ3v) is 3.15. The van der Waals surface area contributed by atoms with E-state index in [2.05, 4.69) is 33.9 Å². The van der Waals surface area contributed by atoms with Gasteiger partial charge in [0.2, 0.25) is 0 Å². The van der Waals surface area contributed by atoms with E-state index in [1.165, 1.54) is 5.56 Å². The van der Waals surface area contributed by atoms with Gasteiger partial charge in [-0.05, 0) is 34.5 Å². The van der Waals surface area contributed by atoms with Gasteiger partial charge in [-0.1, -0.05) is 24.3 Å². The molecule has 15 heavy (non-hydrogen) atoms. The summed E-state index contributed by atoms with van der Waals surface area (Å²) in [5.41, 5.74) is 9.73. The van der Waals surface area contributed by atoms with Crippen molar-refractivity contribution in [3.8, 4) is 11.3 Å². The zero-order valence-electron chi connectivity index (χ0n) is 8.37. The number of hydrogen-bond acceptors (Lipinski definition) is 2. The first-order valence-electron chi connectivity index (χ1n) is 4.66. The second kappa shape index (κ2) is 4.03. The van der Waals surface area contributed by atoms with Gasteiger partial charge in [0.25, 0.3) is 0 Å². The van der Waals surface area contributed by atoms with E-state index in [1.807, 2.05) is 18.2 Å². The molecule has 1 heterocycles. The van der Waals surface area contributed by atoms with Crippen LogP contribution in [-0.4, -0.2) is 4.98 Å². The van der Waals surface area contributed by atoms with Crippen LogP contribution in [0.3, 0.4) is 0 Å². The Kier molecular flexibility index (Phi) is 2.73. The molecule has 0 aliphatic carbocycles. The molecule has 76 valence electrons. The lowest BCUT2D eigenvalue weighted by molar-refractivity contribution is 1.29. The number of pyridine rings is 1. The molecule has 1 aromatic carbocycles. The lowest BCUT2D eigenvalue weighted by atomic mass is 10.1. The number of aromatic nitrogens is 1. The molecule has 2 aromatic rings. The zero-order valence-corrected chi connectivity index (χ0v) is 9.95. The van der Waals surface area contributed by atoms with Gasteiger partial charge >= 0.3 is 0 Å². The van der Waals surface area contributed by atoms with E-state index in [1.54, 1.807) is 12.3 Å². The fraction of sp³-hybridized carbons (Fsp3) is 0.0833. The van der Waals surface area contributed by atoms with Crippen molar-refractivity contribution in [1.29, 1.82) is 0 Å². The van der Waals surface area contributed by atoms with Crippen molar-refractivity contribution in [2.24, 2.45) is 0 Å². The van der Waals surface area contributed by atoms with Gasteiger partial charge in [-0.25, -0.2) is 0 Å². The summed E-state index contributed by atoms with van der Waals surface area (Å²) in [6.45, 7) is 2.06. The minimum atomic E-state index is 0.711. The summed E-state index contributed by atoms with van der Waals surface area (Å²) in [7, 11) is 0. The topological polar surface area (TPSA) is 38.9 Å². The minimum absolute atomic E-state index is 0.711. The number of anilines is 1.